The molecule has 2 atom stereocenters. The van der Waals surface area contributed by atoms with Gasteiger partial charge in [0, 0.05) is 37.1 Å². The van der Waals surface area contributed by atoms with E-state index >= 15 is 0 Å². The number of benzene rings is 1. The zero-order chi connectivity index (χ0) is 17.1. The van der Waals surface area contributed by atoms with Crippen LogP contribution in [0.3, 0.4) is 0 Å². The Hall–Kier alpha value is -1.73. The zero-order valence-corrected chi connectivity index (χ0v) is 14.0. The van der Waals surface area contributed by atoms with Crippen molar-refractivity contribution in [1.29, 1.82) is 0 Å². The molecule has 2 saturated heterocycles. The molecule has 0 aromatic heterocycles. The standard InChI is InChI=1S/C17H19FN2O3S/c18-13-7-11(8-16-17(15(23)9-21)19-10-24-16)1-2-14(13)20-5-3-12(22)4-6-20/h1-2,7,9,16-17,19H,3-6,8,10H2. The first kappa shape index (κ1) is 17.1. The van der Waals surface area contributed by atoms with E-state index in [-0.39, 0.29) is 16.9 Å². The Kier molecular flexibility index (Phi) is 5.30. The van der Waals surface area contributed by atoms with Gasteiger partial charge in [-0.1, -0.05) is 6.07 Å². The highest BCUT2D eigenvalue weighted by molar-refractivity contribution is 8.00. The molecule has 24 heavy (non-hydrogen) atoms. The van der Waals surface area contributed by atoms with Gasteiger partial charge in [-0.15, -0.1) is 11.8 Å². The molecule has 1 aromatic carbocycles. The summed E-state index contributed by atoms with van der Waals surface area (Å²) in [5, 5.41) is 2.94. The van der Waals surface area contributed by atoms with Gasteiger partial charge in [0.2, 0.25) is 5.78 Å². The van der Waals surface area contributed by atoms with E-state index in [1.807, 2.05) is 11.0 Å². The van der Waals surface area contributed by atoms with Crippen molar-refractivity contribution in [3.63, 3.8) is 0 Å². The van der Waals surface area contributed by atoms with Crippen LogP contribution in [0.15, 0.2) is 18.2 Å². The van der Waals surface area contributed by atoms with Crippen molar-refractivity contribution < 1.29 is 18.8 Å². The van der Waals surface area contributed by atoms with E-state index in [1.165, 1.54) is 6.07 Å². The average Bonchev–Trinajstić information content (AvgIpc) is 3.03. The van der Waals surface area contributed by atoms with Gasteiger partial charge in [-0.05, 0) is 24.1 Å². The minimum Gasteiger partial charge on any atom is -0.368 e. The molecule has 2 unspecified atom stereocenters. The van der Waals surface area contributed by atoms with Crippen LogP contribution in [0.2, 0.25) is 0 Å². The van der Waals surface area contributed by atoms with E-state index in [9.17, 15) is 18.8 Å². The number of hydrogen-bond donors (Lipinski definition) is 1. The summed E-state index contributed by atoms with van der Waals surface area (Å²) in [5.41, 5.74) is 1.32. The Morgan fingerprint density at radius 2 is 2.12 bits per heavy atom. The smallest absolute Gasteiger partial charge is 0.213 e. The molecular weight excluding hydrogens is 331 g/mol. The summed E-state index contributed by atoms with van der Waals surface area (Å²) in [7, 11) is 0. The van der Waals surface area contributed by atoms with Crippen molar-refractivity contribution in [1.82, 2.24) is 5.32 Å². The topological polar surface area (TPSA) is 66.5 Å². The van der Waals surface area contributed by atoms with Crippen molar-refractivity contribution >= 4 is 35.3 Å². The number of halogens is 1. The number of ketones is 2. The third-order valence-corrected chi connectivity index (χ3v) is 5.71. The normalized spacial score (nSPS) is 24.2. The molecule has 2 aliphatic rings. The number of thioether (sulfide) groups is 1. The quantitative estimate of drug-likeness (QED) is 0.639. The lowest BCUT2D eigenvalue weighted by atomic mass is 10.0. The summed E-state index contributed by atoms with van der Waals surface area (Å²) in [6, 6.07) is 4.59. The molecule has 0 bridgehead atoms. The minimum atomic E-state index is -0.497. The van der Waals surface area contributed by atoms with E-state index in [2.05, 4.69) is 5.32 Å². The first-order valence-electron chi connectivity index (χ1n) is 7.97. The lowest BCUT2D eigenvalue weighted by molar-refractivity contribution is -0.131. The molecule has 0 saturated carbocycles. The molecule has 7 heteroatoms. The second kappa shape index (κ2) is 7.44. The van der Waals surface area contributed by atoms with Crippen LogP contribution in [-0.4, -0.2) is 48.1 Å². The zero-order valence-electron chi connectivity index (χ0n) is 13.2. The average molecular weight is 350 g/mol. The summed E-state index contributed by atoms with van der Waals surface area (Å²) >= 11 is 1.57. The van der Waals surface area contributed by atoms with Crippen LogP contribution in [0.25, 0.3) is 0 Å². The molecular formula is C17H19FN2O3S. The molecule has 1 aromatic rings. The van der Waals surface area contributed by atoms with Crippen LogP contribution in [0.4, 0.5) is 10.1 Å². The Morgan fingerprint density at radius 1 is 1.38 bits per heavy atom. The van der Waals surface area contributed by atoms with Crippen LogP contribution in [-0.2, 0) is 20.8 Å². The van der Waals surface area contributed by atoms with E-state index < -0.39 is 11.8 Å². The molecule has 2 aliphatic heterocycles. The van der Waals surface area contributed by atoms with Crippen LogP contribution >= 0.6 is 11.8 Å². The molecule has 5 nitrogen and oxygen atoms in total. The number of Topliss-reactive ketones (excluding diaryl/α,β-unsaturated/α-hetero) is 2. The lowest BCUT2D eigenvalue weighted by Gasteiger charge is -2.28. The number of nitrogens with one attached hydrogen (secondary N) is 1. The molecule has 0 amide bonds. The second-order valence-corrected chi connectivity index (χ2v) is 7.29. The predicted molar refractivity (Wildman–Crippen MR) is 90.8 cm³/mol. The molecule has 0 radical (unpaired) electrons. The van der Waals surface area contributed by atoms with Gasteiger partial charge in [-0.3, -0.25) is 19.7 Å². The summed E-state index contributed by atoms with van der Waals surface area (Å²) < 4.78 is 14.5. The fraction of sp³-hybridized carbons (Fsp3) is 0.471. The molecule has 2 fully saturated rings. The van der Waals surface area contributed by atoms with Gasteiger partial charge in [0.05, 0.1) is 11.7 Å². The largest absolute Gasteiger partial charge is 0.368 e. The highest BCUT2D eigenvalue weighted by Crippen LogP contribution is 2.28. The van der Waals surface area contributed by atoms with Crippen LogP contribution in [0.5, 0.6) is 0 Å². The Morgan fingerprint density at radius 3 is 2.79 bits per heavy atom. The lowest BCUT2D eigenvalue weighted by Crippen LogP contribution is -2.39. The maximum Gasteiger partial charge on any atom is 0.213 e. The van der Waals surface area contributed by atoms with Gasteiger partial charge in [-0.25, -0.2) is 4.39 Å². The number of piperidine rings is 1. The van der Waals surface area contributed by atoms with Gasteiger partial charge in [0.25, 0.3) is 0 Å². The minimum absolute atomic E-state index is 0.0689. The third-order valence-electron chi connectivity index (χ3n) is 4.51. The number of carbonyl (C=O) groups is 3. The number of aldehydes is 1. The highest BCUT2D eigenvalue weighted by Gasteiger charge is 2.33. The van der Waals surface area contributed by atoms with Gasteiger partial charge in [0.15, 0.2) is 6.29 Å². The molecule has 3 rings (SSSR count). The number of carbonyl (C=O) groups excluding carboxylic acids is 3. The van der Waals surface area contributed by atoms with Gasteiger partial charge in [-0.2, -0.15) is 0 Å². The predicted octanol–water partition coefficient (Wildman–Crippen LogP) is 1.34. The Labute approximate surface area is 144 Å². The third kappa shape index (κ3) is 3.67. The van der Waals surface area contributed by atoms with Crippen molar-refractivity contribution in [3.05, 3.63) is 29.6 Å². The van der Waals surface area contributed by atoms with Crippen molar-refractivity contribution in [3.8, 4) is 0 Å². The number of anilines is 1. The molecule has 128 valence electrons. The maximum absolute atomic E-state index is 14.5. The summed E-state index contributed by atoms with van der Waals surface area (Å²) in [6.07, 6.45) is 1.79. The maximum atomic E-state index is 14.5. The molecule has 0 spiro atoms. The number of hydrogen-bond acceptors (Lipinski definition) is 6. The van der Waals surface area contributed by atoms with E-state index in [0.717, 1.165) is 5.56 Å². The summed E-state index contributed by atoms with van der Waals surface area (Å²) in [5.74, 6) is 0.0631. The van der Waals surface area contributed by atoms with Gasteiger partial charge in [0.1, 0.15) is 11.6 Å². The van der Waals surface area contributed by atoms with E-state index in [1.54, 1.807) is 17.8 Å². The fourth-order valence-corrected chi connectivity index (χ4v) is 4.39. The molecule has 2 heterocycles. The number of nitrogens with zero attached hydrogens (tertiary/aromatic N) is 1. The van der Waals surface area contributed by atoms with E-state index in [4.69, 9.17) is 0 Å². The SMILES string of the molecule is O=CC(=O)C1NCSC1Cc1ccc(N2CCC(=O)CC2)c(F)c1. The van der Waals surface area contributed by atoms with Crippen LogP contribution in [0, 0.1) is 5.82 Å². The molecule has 0 aliphatic carbocycles. The highest BCUT2D eigenvalue weighted by atomic mass is 32.2. The monoisotopic (exact) mass is 350 g/mol. The van der Waals surface area contributed by atoms with Crippen molar-refractivity contribution in [2.45, 2.75) is 30.6 Å². The summed E-state index contributed by atoms with van der Waals surface area (Å²) in [4.78, 5) is 35.5. The van der Waals surface area contributed by atoms with Crippen molar-refractivity contribution in [2.24, 2.45) is 0 Å². The summed E-state index contributed by atoms with van der Waals surface area (Å²) in [6.45, 7) is 1.10. The first-order chi connectivity index (χ1) is 11.6. The van der Waals surface area contributed by atoms with Crippen molar-refractivity contribution in [2.75, 3.05) is 23.9 Å². The Balaban J connectivity index is 1.69. The van der Waals surface area contributed by atoms with Crippen LogP contribution < -0.4 is 10.2 Å². The molecule has 1 N–H and O–H groups in total. The van der Waals surface area contributed by atoms with Gasteiger partial charge >= 0.3 is 0 Å². The number of rotatable bonds is 5. The fourth-order valence-electron chi connectivity index (χ4n) is 3.17. The van der Waals surface area contributed by atoms with E-state index in [0.29, 0.717) is 50.2 Å². The second-order valence-electron chi connectivity index (χ2n) is 6.07. The van der Waals surface area contributed by atoms with Crippen LogP contribution in [0.1, 0.15) is 18.4 Å². The Bertz CT molecular complexity index is 657. The first-order valence-corrected chi connectivity index (χ1v) is 9.02. The van der Waals surface area contributed by atoms with Gasteiger partial charge < -0.3 is 4.90 Å².